The maximum Gasteiger partial charge on any atom is 0.377 e. The van der Waals surface area contributed by atoms with Gasteiger partial charge in [0, 0.05) is 0 Å². The van der Waals surface area contributed by atoms with Crippen LogP contribution in [-0.4, -0.2) is 41.0 Å². The average molecular weight is 304 g/mol. The quantitative estimate of drug-likeness (QED) is 0.632. The van der Waals surface area contributed by atoms with Crippen LogP contribution in [0.25, 0.3) is 0 Å². The van der Waals surface area contributed by atoms with Crippen molar-refractivity contribution in [1.82, 2.24) is 9.97 Å². The summed E-state index contributed by atoms with van der Waals surface area (Å²) in [4.78, 5) is 30.4. The molecule has 2 aromatic rings. The molecule has 0 bridgehead atoms. The van der Waals surface area contributed by atoms with Crippen LogP contribution in [0.3, 0.4) is 0 Å². The molecular formula is C14H12N2O6. The van der Waals surface area contributed by atoms with Crippen LogP contribution in [0.5, 0.6) is 23.5 Å². The molecule has 0 amide bonds. The zero-order valence-electron chi connectivity index (χ0n) is 11.8. The fraction of sp³-hybridized carbons (Fsp3) is 0.143. The molecule has 0 aliphatic heterocycles. The van der Waals surface area contributed by atoms with Gasteiger partial charge in [-0.15, -0.1) is 0 Å². The topological polar surface area (TPSA) is 108 Å². The van der Waals surface area contributed by atoms with Crippen LogP contribution in [0.1, 0.15) is 10.4 Å². The molecule has 0 unspecified atom stereocenters. The van der Waals surface area contributed by atoms with Crippen molar-refractivity contribution in [1.29, 1.82) is 0 Å². The van der Waals surface area contributed by atoms with E-state index in [9.17, 15) is 9.59 Å². The summed E-state index contributed by atoms with van der Waals surface area (Å²) in [6.07, 6.45) is 0. The third-order valence-corrected chi connectivity index (χ3v) is 2.60. The maximum absolute atomic E-state index is 11.6. The molecule has 0 radical (unpaired) electrons. The number of aliphatic carboxylic acids is 1. The highest BCUT2D eigenvalue weighted by atomic mass is 16.5. The summed E-state index contributed by atoms with van der Waals surface area (Å²) in [6.45, 7) is 0. The number of carbonyl (C=O) groups excluding carboxylic acids is 1. The number of carboxylic acid groups (broad SMARTS) is 1. The Morgan fingerprint density at radius 1 is 1.05 bits per heavy atom. The number of hydrogen-bond acceptors (Lipinski definition) is 7. The molecule has 0 fully saturated rings. The second-order valence-corrected chi connectivity index (χ2v) is 3.97. The van der Waals surface area contributed by atoms with Crippen molar-refractivity contribution in [2.45, 2.75) is 0 Å². The molecule has 0 spiro atoms. The summed E-state index contributed by atoms with van der Waals surface area (Å²) in [5.74, 6) is -2.26. The van der Waals surface area contributed by atoms with Crippen molar-refractivity contribution in [2.24, 2.45) is 0 Å². The highest BCUT2D eigenvalue weighted by Gasteiger charge is 2.20. The second kappa shape index (κ2) is 6.53. The number of rotatable bonds is 6. The first kappa shape index (κ1) is 15.2. The van der Waals surface area contributed by atoms with Gasteiger partial charge in [-0.3, -0.25) is 4.79 Å². The van der Waals surface area contributed by atoms with Crippen molar-refractivity contribution >= 4 is 11.8 Å². The summed E-state index contributed by atoms with van der Waals surface area (Å²) < 4.78 is 15.4. The first-order valence-electron chi connectivity index (χ1n) is 6.06. The van der Waals surface area contributed by atoms with Gasteiger partial charge in [-0.1, -0.05) is 12.1 Å². The smallest absolute Gasteiger partial charge is 0.377 e. The lowest BCUT2D eigenvalue weighted by molar-refractivity contribution is -0.131. The first-order valence-corrected chi connectivity index (χ1v) is 6.06. The van der Waals surface area contributed by atoms with Gasteiger partial charge in [-0.2, -0.15) is 9.97 Å². The van der Waals surface area contributed by atoms with Crippen molar-refractivity contribution in [3.05, 3.63) is 35.9 Å². The number of carboxylic acids is 1. The minimum absolute atomic E-state index is 0.0187. The number of aromatic nitrogens is 2. The molecule has 8 nitrogen and oxygen atoms in total. The van der Waals surface area contributed by atoms with Gasteiger partial charge in [-0.25, -0.2) is 4.79 Å². The van der Waals surface area contributed by atoms with E-state index < -0.39 is 11.8 Å². The van der Waals surface area contributed by atoms with Gasteiger partial charge in [0.1, 0.15) is 5.75 Å². The molecule has 0 saturated carbocycles. The molecular weight excluding hydrogens is 292 g/mol. The number of hydrogen-bond donors (Lipinski definition) is 1. The van der Waals surface area contributed by atoms with Crippen LogP contribution in [0.2, 0.25) is 0 Å². The summed E-state index contributed by atoms with van der Waals surface area (Å²) in [5, 5.41) is 8.81. The Bertz CT molecular complexity index is 694. The van der Waals surface area contributed by atoms with Crippen LogP contribution < -0.4 is 14.2 Å². The van der Waals surface area contributed by atoms with Crippen LogP contribution in [0.4, 0.5) is 0 Å². The van der Waals surface area contributed by atoms with E-state index >= 15 is 0 Å². The van der Waals surface area contributed by atoms with E-state index in [0.717, 1.165) is 0 Å². The zero-order chi connectivity index (χ0) is 16.1. The SMILES string of the molecule is COc1cc(OC)nc(Oc2ccccc2C(=O)C(=O)O)n1. The van der Waals surface area contributed by atoms with Gasteiger partial charge >= 0.3 is 12.0 Å². The zero-order valence-corrected chi connectivity index (χ0v) is 11.8. The highest BCUT2D eigenvalue weighted by Crippen LogP contribution is 2.26. The van der Waals surface area contributed by atoms with Crippen molar-refractivity contribution in [3.63, 3.8) is 0 Å². The van der Waals surface area contributed by atoms with Crippen molar-refractivity contribution < 1.29 is 28.9 Å². The maximum atomic E-state index is 11.6. The largest absolute Gasteiger partial charge is 0.481 e. The molecule has 1 aromatic carbocycles. The molecule has 0 saturated heterocycles. The Balaban J connectivity index is 2.39. The van der Waals surface area contributed by atoms with E-state index in [0.29, 0.717) is 0 Å². The van der Waals surface area contributed by atoms with Gasteiger partial charge in [0.2, 0.25) is 11.8 Å². The monoisotopic (exact) mass is 304 g/mol. The Kier molecular flexibility index (Phi) is 4.52. The molecule has 1 N–H and O–H groups in total. The first-order chi connectivity index (χ1) is 10.5. The highest BCUT2D eigenvalue weighted by molar-refractivity contribution is 6.40. The number of ether oxygens (including phenoxy) is 3. The van der Waals surface area contributed by atoms with Gasteiger partial charge in [0.15, 0.2) is 0 Å². The summed E-state index contributed by atoms with van der Waals surface area (Å²) in [7, 11) is 2.82. The lowest BCUT2D eigenvalue weighted by Crippen LogP contribution is -2.13. The number of ketones is 1. The minimum atomic E-state index is -1.58. The Labute approximate surface area is 125 Å². The molecule has 8 heteroatoms. The second-order valence-electron chi connectivity index (χ2n) is 3.97. The van der Waals surface area contributed by atoms with Gasteiger partial charge in [0.05, 0.1) is 25.8 Å². The predicted molar refractivity (Wildman–Crippen MR) is 73.6 cm³/mol. The molecule has 1 aromatic heterocycles. The Hall–Kier alpha value is -3.16. The normalized spacial score (nSPS) is 9.91. The van der Waals surface area contributed by atoms with E-state index in [1.165, 1.54) is 38.5 Å². The lowest BCUT2D eigenvalue weighted by Gasteiger charge is -2.09. The minimum Gasteiger partial charge on any atom is -0.481 e. The fourth-order valence-corrected chi connectivity index (χ4v) is 1.60. The predicted octanol–water partition coefficient (Wildman–Crippen LogP) is 1.55. The number of methoxy groups -OCH3 is 2. The number of Topliss-reactive ketones (excluding diaryl/α,β-unsaturated/α-hetero) is 1. The lowest BCUT2D eigenvalue weighted by atomic mass is 10.1. The van der Waals surface area contributed by atoms with E-state index in [-0.39, 0.29) is 29.1 Å². The van der Waals surface area contributed by atoms with Gasteiger partial charge in [0.25, 0.3) is 5.78 Å². The Morgan fingerprint density at radius 3 is 2.18 bits per heavy atom. The van der Waals surface area contributed by atoms with Crippen LogP contribution >= 0.6 is 0 Å². The number of benzene rings is 1. The van der Waals surface area contributed by atoms with Gasteiger partial charge < -0.3 is 19.3 Å². The molecule has 0 aliphatic carbocycles. The number of para-hydroxylation sites is 1. The molecule has 22 heavy (non-hydrogen) atoms. The summed E-state index contributed by atoms with van der Waals surface area (Å²) >= 11 is 0. The molecule has 0 atom stereocenters. The fourth-order valence-electron chi connectivity index (χ4n) is 1.60. The van der Waals surface area contributed by atoms with E-state index in [1.807, 2.05) is 0 Å². The molecule has 114 valence electrons. The standard InChI is InChI=1S/C14H12N2O6/c1-20-10-7-11(21-2)16-14(15-10)22-9-6-4-3-5-8(9)12(17)13(18)19/h3-7H,1-2H3,(H,18,19). The third kappa shape index (κ3) is 3.29. The average Bonchev–Trinajstić information content (AvgIpc) is 2.54. The van der Waals surface area contributed by atoms with Crippen LogP contribution in [0, 0.1) is 0 Å². The van der Waals surface area contributed by atoms with E-state index in [2.05, 4.69) is 9.97 Å². The van der Waals surface area contributed by atoms with Gasteiger partial charge in [-0.05, 0) is 12.1 Å². The summed E-state index contributed by atoms with van der Waals surface area (Å²) in [5.41, 5.74) is -0.111. The van der Waals surface area contributed by atoms with E-state index in [1.54, 1.807) is 6.07 Å². The van der Waals surface area contributed by atoms with E-state index in [4.69, 9.17) is 19.3 Å². The Morgan fingerprint density at radius 2 is 1.64 bits per heavy atom. The van der Waals surface area contributed by atoms with Crippen LogP contribution in [0.15, 0.2) is 30.3 Å². The third-order valence-electron chi connectivity index (χ3n) is 2.60. The number of nitrogens with zero attached hydrogens (tertiary/aromatic N) is 2. The van der Waals surface area contributed by atoms with Crippen molar-refractivity contribution in [2.75, 3.05) is 14.2 Å². The molecule has 1 heterocycles. The molecule has 2 rings (SSSR count). The molecule has 0 aliphatic rings. The van der Waals surface area contributed by atoms with Crippen molar-refractivity contribution in [3.8, 4) is 23.5 Å². The number of carbonyl (C=O) groups is 2. The van der Waals surface area contributed by atoms with Crippen LogP contribution in [-0.2, 0) is 4.79 Å². The summed E-state index contributed by atoms with van der Waals surface area (Å²) in [6, 6.07) is 7.19.